The zero-order chi connectivity index (χ0) is 23.6. The number of fused-ring (bicyclic) bond motifs is 1. The second kappa shape index (κ2) is 7.03. The number of hydrogen-bond donors (Lipinski definition) is 3. The molecule has 3 N–H and O–H groups in total. The molecular weight excluding hydrogens is 428 g/mol. The van der Waals surface area contributed by atoms with Gasteiger partial charge in [0.25, 0.3) is 0 Å². The molecule has 1 aliphatic heterocycles. The van der Waals surface area contributed by atoms with Crippen molar-refractivity contribution in [2.45, 2.75) is 6.92 Å². The van der Waals surface area contributed by atoms with Crippen molar-refractivity contribution in [2.24, 2.45) is 0 Å². The van der Waals surface area contributed by atoms with Crippen LogP contribution in [0.2, 0.25) is 0 Å². The molecule has 0 aromatic heterocycles. The Bertz CT molecular complexity index is 1530. The Balaban J connectivity index is 2.04. The number of ether oxygens (including phenoxy) is 3. The second-order valence-electron chi connectivity index (χ2n) is 7.65. The van der Waals surface area contributed by atoms with E-state index < -0.39 is 5.97 Å². The third kappa shape index (κ3) is 2.57. The normalized spacial score (nSPS) is 12.3. The number of phenols is 3. The van der Waals surface area contributed by atoms with Crippen molar-refractivity contribution in [3.05, 3.63) is 47.0 Å². The van der Waals surface area contributed by atoms with Crippen molar-refractivity contribution in [3.8, 4) is 45.6 Å². The lowest BCUT2D eigenvalue weighted by molar-refractivity contribution is 0.0747. The van der Waals surface area contributed by atoms with Crippen LogP contribution in [0.3, 0.4) is 0 Å². The van der Waals surface area contributed by atoms with Gasteiger partial charge in [0.2, 0.25) is 0 Å². The van der Waals surface area contributed by atoms with Gasteiger partial charge in [0.05, 0.1) is 19.8 Å². The summed E-state index contributed by atoms with van der Waals surface area (Å²) < 4.78 is 16.3. The number of hydrogen-bond acceptors (Lipinski definition) is 8. The van der Waals surface area contributed by atoms with E-state index in [1.165, 1.54) is 26.4 Å². The Hall–Kier alpha value is -4.46. The van der Waals surface area contributed by atoms with Crippen molar-refractivity contribution >= 4 is 33.8 Å². The van der Waals surface area contributed by atoms with Gasteiger partial charge in [-0.25, -0.2) is 4.79 Å². The molecule has 5 rings (SSSR count). The lowest BCUT2D eigenvalue weighted by atomic mass is 9.87. The van der Waals surface area contributed by atoms with E-state index >= 15 is 0 Å². The van der Waals surface area contributed by atoms with Gasteiger partial charge in [-0.3, -0.25) is 4.79 Å². The molecular formula is C25H18O8. The predicted octanol–water partition coefficient (Wildman–Crippen LogP) is 4.45. The summed E-state index contributed by atoms with van der Waals surface area (Å²) in [4.78, 5) is 24.3. The first-order valence-corrected chi connectivity index (χ1v) is 9.93. The molecule has 0 fully saturated rings. The smallest absolute Gasteiger partial charge is 0.348 e. The van der Waals surface area contributed by atoms with Crippen molar-refractivity contribution < 1.29 is 39.1 Å². The van der Waals surface area contributed by atoms with Crippen molar-refractivity contribution in [2.75, 3.05) is 14.2 Å². The molecule has 0 unspecified atom stereocenters. The number of phenolic OH excluding ortho intramolecular Hbond substituents is 3. The van der Waals surface area contributed by atoms with Crippen molar-refractivity contribution in [3.63, 3.8) is 0 Å². The van der Waals surface area contributed by atoms with Gasteiger partial charge in [0.1, 0.15) is 17.1 Å². The van der Waals surface area contributed by atoms with Gasteiger partial charge in [-0.1, -0.05) is 0 Å². The van der Waals surface area contributed by atoms with Gasteiger partial charge in [0, 0.05) is 16.3 Å². The van der Waals surface area contributed by atoms with E-state index in [9.17, 15) is 24.9 Å². The molecule has 166 valence electrons. The Labute approximate surface area is 187 Å². The minimum Gasteiger partial charge on any atom is -0.507 e. The summed E-state index contributed by atoms with van der Waals surface area (Å²) in [7, 11) is 2.82. The molecule has 0 bridgehead atoms. The molecule has 1 aliphatic rings. The molecule has 4 aromatic rings. The molecule has 33 heavy (non-hydrogen) atoms. The van der Waals surface area contributed by atoms with E-state index in [1.54, 1.807) is 25.1 Å². The van der Waals surface area contributed by atoms with E-state index in [-0.39, 0.29) is 51.0 Å². The Kier molecular flexibility index (Phi) is 4.35. The standard InChI is InChI=1S/C25H18O8/c1-10-18(12-5-6-15(27)14(9-26)19(12)22(29)23(10)32-3)13-8-17(31-2)24-20-11(13)4-7-16(28)21(20)25(30)33-24/h4-9,27-29H,1-3H3. The van der Waals surface area contributed by atoms with Gasteiger partial charge in [0.15, 0.2) is 29.3 Å². The number of esters is 1. The third-order valence-electron chi connectivity index (χ3n) is 6.07. The summed E-state index contributed by atoms with van der Waals surface area (Å²) in [5.74, 6) is -0.878. The maximum absolute atomic E-state index is 12.5. The molecule has 4 aromatic carbocycles. The highest BCUT2D eigenvalue weighted by molar-refractivity contribution is 6.21. The zero-order valence-corrected chi connectivity index (χ0v) is 17.8. The SMILES string of the molecule is COc1cc(-c2c(C)c(OC)c(O)c3c(C=O)c(O)ccc23)c2ccc(O)c3c2c1OC3=O. The average molecular weight is 446 g/mol. The van der Waals surface area contributed by atoms with E-state index in [0.29, 0.717) is 39.1 Å². The molecule has 1 heterocycles. The fourth-order valence-corrected chi connectivity index (χ4v) is 4.65. The molecule has 0 saturated carbocycles. The van der Waals surface area contributed by atoms with E-state index in [2.05, 4.69) is 0 Å². The van der Waals surface area contributed by atoms with E-state index in [1.807, 2.05) is 0 Å². The number of benzene rings is 4. The van der Waals surface area contributed by atoms with Gasteiger partial charge in [-0.05, 0) is 59.2 Å². The van der Waals surface area contributed by atoms with Gasteiger partial charge in [-0.2, -0.15) is 0 Å². The minimum absolute atomic E-state index is 0.0292. The fourth-order valence-electron chi connectivity index (χ4n) is 4.65. The molecule has 0 aliphatic carbocycles. The summed E-state index contributed by atoms with van der Waals surface area (Å²) in [6.45, 7) is 1.75. The maximum atomic E-state index is 12.5. The van der Waals surface area contributed by atoms with Gasteiger partial charge < -0.3 is 29.5 Å². The highest BCUT2D eigenvalue weighted by Gasteiger charge is 2.33. The summed E-state index contributed by atoms with van der Waals surface area (Å²) >= 11 is 0. The summed E-state index contributed by atoms with van der Waals surface area (Å²) in [5.41, 5.74) is 1.68. The highest BCUT2D eigenvalue weighted by Crippen LogP contribution is 2.53. The van der Waals surface area contributed by atoms with Crippen LogP contribution in [0.15, 0.2) is 30.3 Å². The van der Waals surface area contributed by atoms with E-state index in [4.69, 9.17) is 14.2 Å². The summed E-state index contributed by atoms with van der Waals surface area (Å²) in [6.07, 6.45) is 0.467. The number of carbonyl (C=O) groups is 2. The molecule has 8 heteroatoms. The monoisotopic (exact) mass is 446 g/mol. The molecule has 0 amide bonds. The number of aromatic hydroxyl groups is 3. The predicted molar refractivity (Wildman–Crippen MR) is 120 cm³/mol. The van der Waals surface area contributed by atoms with Crippen LogP contribution in [0.1, 0.15) is 26.3 Å². The molecule has 0 atom stereocenters. The first-order valence-electron chi connectivity index (χ1n) is 9.93. The minimum atomic E-state index is -0.693. The summed E-state index contributed by atoms with van der Waals surface area (Å²) in [5, 5.41) is 33.0. The lowest BCUT2D eigenvalue weighted by Gasteiger charge is -2.20. The Morgan fingerprint density at radius 2 is 1.61 bits per heavy atom. The van der Waals surface area contributed by atoms with Crippen LogP contribution in [0.25, 0.3) is 32.7 Å². The van der Waals surface area contributed by atoms with Crippen molar-refractivity contribution in [1.29, 1.82) is 0 Å². The van der Waals surface area contributed by atoms with Crippen LogP contribution in [-0.4, -0.2) is 41.8 Å². The fraction of sp³-hybridized carbons (Fsp3) is 0.120. The quantitative estimate of drug-likeness (QED) is 0.239. The van der Waals surface area contributed by atoms with Crippen molar-refractivity contribution in [1.82, 2.24) is 0 Å². The topological polar surface area (TPSA) is 123 Å². The Morgan fingerprint density at radius 1 is 0.909 bits per heavy atom. The molecule has 0 saturated heterocycles. The van der Waals surface area contributed by atoms with Crippen LogP contribution in [0.4, 0.5) is 0 Å². The number of aldehydes is 1. The Morgan fingerprint density at radius 3 is 2.27 bits per heavy atom. The second-order valence-corrected chi connectivity index (χ2v) is 7.65. The molecule has 0 spiro atoms. The number of rotatable bonds is 4. The van der Waals surface area contributed by atoms with Crippen LogP contribution in [0.5, 0.6) is 34.5 Å². The third-order valence-corrected chi connectivity index (χ3v) is 6.07. The first-order chi connectivity index (χ1) is 15.8. The molecule has 0 radical (unpaired) electrons. The largest absolute Gasteiger partial charge is 0.507 e. The van der Waals surface area contributed by atoms with Crippen LogP contribution in [-0.2, 0) is 0 Å². The van der Waals surface area contributed by atoms with Gasteiger partial charge >= 0.3 is 5.97 Å². The number of methoxy groups -OCH3 is 2. The molecule has 8 nitrogen and oxygen atoms in total. The first kappa shape index (κ1) is 20.4. The number of carbonyl (C=O) groups excluding carboxylic acids is 2. The van der Waals surface area contributed by atoms with E-state index in [0.717, 1.165) is 0 Å². The maximum Gasteiger partial charge on any atom is 0.348 e. The van der Waals surface area contributed by atoms with Crippen LogP contribution >= 0.6 is 0 Å². The highest BCUT2D eigenvalue weighted by atomic mass is 16.6. The average Bonchev–Trinajstić information content (AvgIpc) is 3.15. The lowest BCUT2D eigenvalue weighted by Crippen LogP contribution is -2.01. The van der Waals surface area contributed by atoms with Crippen LogP contribution < -0.4 is 14.2 Å². The zero-order valence-electron chi connectivity index (χ0n) is 17.8. The van der Waals surface area contributed by atoms with Gasteiger partial charge in [-0.15, -0.1) is 0 Å². The summed E-state index contributed by atoms with van der Waals surface area (Å²) in [6, 6.07) is 7.70. The van der Waals surface area contributed by atoms with Crippen LogP contribution in [0, 0.1) is 6.92 Å².